The van der Waals surface area contributed by atoms with Crippen LogP contribution in [0, 0.1) is 20.8 Å². The van der Waals surface area contributed by atoms with Gasteiger partial charge in [0.15, 0.2) is 6.73 Å². The van der Waals surface area contributed by atoms with Crippen molar-refractivity contribution in [3.63, 3.8) is 0 Å². The lowest BCUT2D eigenvalue weighted by Gasteiger charge is -2.11. The predicted octanol–water partition coefficient (Wildman–Crippen LogP) is 4.50. The zero-order valence-electron chi connectivity index (χ0n) is 18.7. The highest BCUT2D eigenvalue weighted by Crippen LogP contribution is 2.28. The number of nitrogens with one attached hydrogen (secondary N) is 1. The lowest BCUT2D eigenvalue weighted by Crippen LogP contribution is -2.28. The smallest absolute Gasteiger partial charge is 0.268 e. The number of rotatable bonds is 7. The molecule has 1 aliphatic heterocycles. The summed E-state index contributed by atoms with van der Waals surface area (Å²) in [6, 6.07) is 5.00. The molecule has 3 aromatic rings. The molecule has 1 atom stereocenters. The molecule has 174 valence electrons. The molecule has 9 nitrogen and oxygen atoms in total. The number of carbonyl (C=O) groups excluding carboxylic acids is 1. The van der Waals surface area contributed by atoms with Gasteiger partial charge in [0.05, 0.1) is 33.5 Å². The lowest BCUT2D eigenvalue weighted by atomic mass is 10.1. The number of aryl methyl sites for hydroxylation is 3. The van der Waals surface area contributed by atoms with Gasteiger partial charge in [-0.25, -0.2) is 4.68 Å². The molecule has 1 unspecified atom stereocenters. The number of hydrogen-bond donors (Lipinski definition) is 1. The molecule has 1 amide bonds. The minimum atomic E-state index is -0.726. The van der Waals surface area contributed by atoms with E-state index in [2.05, 4.69) is 20.7 Å². The maximum absolute atomic E-state index is 12.9. The Hall–Kier alpha value is -3.04. The second kappa shape index (κ2) is 9.44. The van der Waals surface area contributed by atoms with E-state index in [9.17, 15) is 4.79 Å². The Morgan fingerprint density at radius 3 is 2.73 bits per heavy atom. The monoisotopic (exact) mass is 490 g/mol. The zero-order chi connectivity index (χ0) is 23.7. The molecule has 0 bridgehead atoms. The van der Waals surface area contributed by atoms with Gasteiger partial charge in [0.1, 0.15) is 5.75 Å². The summed E-state index contributed by atoms with van der Waals surface area (Å²) in [5, 5.41) is 16.9. The van der Waals surface area contributed by atoms with Gasteiger partial charge in [0.2, 0.25) is 6.10 Å². The van der Waals surface area contributed by atoms with Crippen molar-refractivity contribution in [2.24, 2.45) is 5.16 Å². The quantitative estimate of drug-likeness (QED) is 0.525. The zero-order valence-corrected chi connectivity index (χ0v) is 20.2. The Kier molecular flexibility index (Phi) is 6.62. The van der Waals surface area contributed by atoms with Crippen molar-refractivity contribution in [1.29, 1.82) is 0 Å². The SMILES string of the molecule is CCn1cc(C2=NOC(C(=O)Nc3c(C)nn(COc4ccc(Cl)cc4Cl)c3C)C2)c(C)n1. The molecule has 0 spiro atoms. The second-order valence-electron chi connectivity index (χ2n) is 7.70. The number of benzene rings is 1. The van der Waals surface area contributed by atoms with Gasteiger partial charge in [-0.2, -0.15) is 10.2 Å². The number of aromatic nitrogens is 4. The van der Waals surface area contributed by atoms with E-state index in [4.69, 9.17) is 32.8 Å². The molecule has 0 radical (unpaired) electrons. The number of halogens is 2. The molecule has 1 aromatic carbocycles. The van der Waals surface area contributed by atoms with Crippen molar-refractivity contribution in [2.75, 3.05) is 5.32 Å². The van der Waals surface area contributed by atoms with E-state index in [1.165, 1.54) is 0 Å². The van der Waals surface area contributed by atoms with Gasteiger partial charge >= 0.3 is 0 Å². The van der Waals surface area contributed by atoms with Crippen LogP contribution >= 0.6 is 23.2 Å². The van der Waals surface area contributed by atoms with E-state index in [1.807, 2.05) is 38.6 Å². The van der Waals surface area contributed by atoms with Crippen molar-refractivity contribution in [3.05, 3.63) is 57.1 Å². The maximum atomic E-state index is 12.9. The van der Waals surface area contributed by atoms with E-state index in [-0.39, 0.29) is 12.6 Å². The van der Waals surface area contributed by atoms with Crippen LogP contribution in [-0.4, -0.2) is 37.3 Å². The third-order valence-electron chi connectivity index (χ3n) is 5.41. The van der Waals surface area contributed by atoms with Gasteiger partial charge in [0.25, 0.3) is 5.91 Å². The van der Waals surface area contributed by atoms with E-state index in [0.29, 0.717) is 39.3 Å². The summed E-state index contributed by atoms with van der Waals surface area (Å²) in [5.41, 5.74) is 4.47. The summed E-state index contributed by atoms with van der Waals surface area (Å²) in [6.45, 7) is 8.47. The molecular weight excluding hydrogens is 467 g/mol. The first-order valence-electron chi connectivity index (χ1n) is 10.5. The van der Waals surface area contributed by atoms with Gasteiger partial charge in [-0.1, -0.05) is 28.4 Å². The molecule has 1 N–H and O–H groups in total. The van der Waals surface area contributed by atoms with Gasteiger partial charge in [-0.05, 0) is 45.9 Å². The number of oxime groups is 1. The van der Waals surface area contributed by atoms with Crippen LogP contribution in [0.25, 0.3) is 0 Å². The normalized spacial score (nSPS) is 15.3. The topological polar surface area (TPSA) is 95.6 Å². The Morgan fingerprint density at radius 2 is 2.03 bits per heavy atom. The number of nitrogens with zero attached hydrogens (tertiary/aromatic N) is 5. The Labute approximate surface area is 201 Å². The van der Waals surface area contributed by atoms with Crippen LogP contribution in [-0.2, 0) is 22.9 Å². The van der Waals surface area contributed by atoms with Crippen LogP contribution < -0.4 is 10.1 Å². The van der Waals surface area contributed by atoms with Crippen molar-refractivity contribution >= 4 is 40.5 Å². The van der Waals surface area contributed by atoms with Gasteiger partial charge in [-0.15, -0.1) is 0 Å². The van der Waals surface area contributed by atoms with Crippen LogP contribution in [0.3, 0.4) is 0 Å². The molecule has 1 aliphatic rings. The first-order chi connectivity index (χ1) is 15.8. The molecule has 0 saturated heterocycles. The first kappa shape index (κ1) is 23.1. The van der Waals surface area contributed by atoms with Crippen LogP contribution in [0.15, 0.2) is 29.6 Å². The molecule has 3 heterocycles. The van der Waals surface area contributed by atoms with Crippen LogP contribution in [0.4, 0.5) is 5.69 Å². The van der Waals surface area contributed by atoms with Crippen molar-refractivity contribution < 1.29 is 14.4 Å². The van der Waals surface area contributed by atoms with E-state index >= 15 is 0 Å². The second-order valence-corrected chi connectivity index (χ2v) is 8.55. The summed E-state index contributed by atoms with van der Waals surface area (Å²) in [4.78, 5) is 18.3. The first-order valence-corrected chi connectivity index (χ1v) is 11.2. The van der Waals surface area contributed by atoms with E-state index in [0.717, 1.165) is 23.5 Å². The van der Waals surface area contributed by atoms with Gasteiger partial charge in [-0.3, -0.25) is 9.48 Å². The van der Waals surface area contributed by atoms with Crippen molar-refractivity contribution in [2.45, 2.75) is 53.5 Å². The summed E-state index contributed by atoms with van der Waals surface area (Å²) >= 11 is 12.1. The average molecular weight is 491 g/mol. The summed E-state index contributed by atoms with van der Waals surface area (Å²) in [7, 11) is 0. The van der Waals surface area contributed by atoms with Gasteiger partial charge < -0.3 is 14.9 Å². The number of carbonyl (C=O) groups is 1. The standard InChI is InChI=1S/C22H24Cl2N6O3/c1-5-29-10-16(12(2)26-29)18-9-20(33-28-18)22(31)25-21-13(3)27-30(14(21)4)11-32-19-7-6-15(23)8-17(19)24/h6-8,10,20H,5,9,11H2,1-4H3,(H,25,31). The number of hydrogen-bond acceptors (Lipinski definition) is 6. The largest absolute Gasteiger partial charge is 0.470 e. The Bertz CT molecular complexity index is 1230. The predicted molar refractivity (Wildman–Crippen MR) is 126 cm³/mol. The molecule has 2 aromatic heterocycles. The van der Waals surface area contributed by atoms with E-state index in [1.54, 1.807) is 22.9 Å². The van der Waals surface area contributed by atoms with Crippen LogP contribution in [0.1, 0.15) is 36.0 Å². The number of anilines is 1. The summed E-state index contributed by atoms with van der Waals surface area (Å²) in [5.74, 6) is 0.201. The fraction of sp³-hybridized carbons (Fsp3) is 0.364. The van der Waals surface area contributed by atoms with E-state index < -0.39 is 6.10 Å². The molecule has 4 rings (SSSR count). The molecule has 33 heavy (non-hydrogen) atoms. The number of amides is 1. The highest BCUT2D eigenvalue weighted by molar-refractivity contribution is 6.35. The third-order valence-corrected chi connectivity index (χ3v) is 5.94. The van der Waals surface area contributed by atoms with Crippen molar-refractivity contribution in [1.82, 2.24) is 19.6 Å². The number of ether oxygens (including phenoxy) is 1. The highest BCUT2D eigenvalue weighted by Gasteiger charge is 2.31. The highest BCUT2D eigenvalue weighted by atomic mass is 35.5. The third kappa shape index (κ3) is 4.84. The summed E-state index contributed by atoms with van der Waals surface area (Å²) < 4.78 is 9.25. The van der Waals surface area contributed by atoms with Crippen LogP contribution in [0.5, 0.6) is 5.75 Å². The fourth-order valence-corrected chi connectivity index (χ4v) is 4.03. The Morgan fingerprint density at radius 1 is 1.24 bits per heavy atom. The summed E-state index contributed by atoms with van der Waals surface area (Å²) in [6.07, 6.45) is 1.56. The average Bonchev–Trinajstić information content (AvgIpc) is 3.47. The van der Waals surface area contributed by atoms with Gasteiger partial charge in [0, 0.05) is 29.7 Å². The minimum absolute atomic E-state index is 0.123. The fourth-order valence-electron chi connectivity index (χ4n) is 3.57. The lowest BCUT2D eigenvalue weighted by molar-refractivity contribution is -0.125. The van der Waals surface area contributed by atoms with Crippen molar-refractivity contribution in [3.8, 4) is 5.75 Å². The van der Waals surface area contributed by atoms with Crippen LogP contribution in [0.2, 0.25) is 10.0 Å². The molecule has 11 heteroatoms. The Balaban J connectivity index is 1.40. The maximum Gasteiger partial charge on any atom is 0.268 e. The minimum Gasteiger partial charge on any atom is -0.470 e. The molecular formula is C22H24Cl2N6O3. The molecule has 0 aliphatic carbocycles. The molecule has 0 saturated carbocycles. The molecule has 0 fully saturated rings.